The van der Waals surface area contributed by atoms with Gasteiger partial charge < -0.3 is 9.88 Å². The molecule has 34 heavy (non-hydrogen) atoms. The van der Waals surface area contributed by atoms with Crippen LogP contribution in [0.3, 0.4) is 0 Å². The normalized spacial score (nSPS) is 15.5. The van der Waals surface area contributed by atoms with Crippen molar-refractivity contribution in [3.8, 4) is 0 Å². The van der Waals surface area contributed by atoms with Crippen LogP contribution >= 0.6 is 0 Å². The number of fused-ring (bicyclic) bond motifs is 1. The molecule has 2 heterocycles. The van der Waals surface area contributed by atoms with Crippen molar-refractivity contribution in [2.24, 2.45) is 5.92 Å². The van der Waals surface area contributed by atoms with Crippen LogP contribution in [0.5, 0.6) is 0 Å². The number of likely N-dealkylation sites (tertiary alicyclic amines) is 1. The number of amides is 1. The van der Waals surface area contributed by atoms with E-state index in [1.807, 2.05) is 6.07 Å². The lowest BCUT2D eigenvalue weighted by molar-refractivity contribution is -0.132. The van der Waals surface area contributed by atoms with E-state index < -0.39 is 0 Å². The maximum Gasteiger partial charge on any atom is 0.223 e. The van der Waals surface area contributed by atoms with Crippen molar-refractivity contribution in [2.45, 2.75) is 44.9 Å². The number of piperidine rings is 1. The minimum absolute atomic E-state index is 0.0524. The molecular weight excluding hydrogens is 416 g/mol. The molecule has 0 spiro atoms. The van der Waals surface area contributed by atoms with Gasteiger partial charge in [0.05, 0.1) is 0 Å². The first-order valence-corrected chi connectivity index (χ1v) is 12.7. The molecule has 1 saturated heterocycles. The number of hydrogen-bond acceptors (Lipinski definition) is 1. The first-order chi connectivity index (χ1) is 16.7. The van der Waals surface area contributed by atoms with Gasteiger partial charge in [-0.3, -0.25) is 4.79 Å². The second-order valence-corrected chi connectivity index (χ2v) is 9.62. The number of rotatable bonds is 7. The van der Waals surface area contributed by atoms with Gasteiger partial charge in [0.15, 0.2) is 0 Å². The highest BCUT2D eigenvalue weighted by Gasteiger charge is 2.27. The van der Waals surface area contributed by atoms with Crippen LogP contribution in [0.4, 0.5) is 0 Å². The number of aryl methyl sites for hydroxylation is 1. The summed E-state index contributed by atoms with van der Waals surface area (Å²) < 4.78 is 0. The molecule has 174 valence electrons. The molecule has 0 bridgehead atoms. The van der Waals surface area contributed by atoms with Gasteiger partial charge in [0.2, 0.25) is 5.91 Å². The second-order valence-electron chi connectivity index (χ2n) is 9.62. The molecule has 5 rings (SSSR count). The summed E-state index contributed by atoms with van der Waals surface area (Å²) in [6.07, 6.45) is 6.92. The standard InChI is InChI=1S/C31H34N2O/c1-2-25-14-9-15-27-29(22-32-31(25)27)28(26-12-7-4-8-13-26)21-30(34)33-18-16-24(17-19-33)20-23-10-5-3-6-11-23/h3-15,22,24,28,32H,2,16-21H2,1H3. The fourth-order valence-corrected chi connectivity index (χ4v) is 5.55. The van der Waals surface area contributed by atoms with Gasteiger partial charge in [-0.25, -0.2) is 0 Å². The van der Waals surface area contributed by atoms with Crippen LogP contribution in [-0.2, 0) is 17.6 Å². The molecule has 1 aliphatic rings. The molecule has 1 atom stereocenters. The number of aromatic nitrogens is 1. The van der Waals surface area contributed by atoms with Gasteiger partial charge in [-0.2, -0.15) is 0 Å². The Bertz CT molecular complexity index is 1220. The molecule has 0 saturated carbocycles. The quantitative estimate of drug-likeness (QED) is 0.333. The smallest absolute Gasteiger partial charge is 0.223 e. The van der Waals surface area contributed by atoms with E-state index in [0.717, 1.165) is 38.8 Å². The maximum absolute atomic E-state index is 13.5. The molecule has 1 fully saturated rings. The molecule has 3 heteroatoms. The van der Waals surface area contributed by atoms with Gasteiger partial charge in [-0.05, 0) is 53.9 Å². The van der Waals surface area contributed by atoms with E-state index >= 15 is 0 Å². The second kappa shape index (κ2) is 10.3. The number of carbonyl (C=O) groups excluding carboxylic acids is 1. The Balaban J connectivity index is 1.32. The summed E-state index contributed by atoms with van der Waals surface area (Å²) in [7, 11) is 0. The third-order valence-corrected chi connectivity index (χ3v) is 7.51. The number of H-pyrrole nitrogens is 1. The lowest BCUT2D eigenvalue weighted by atomic mass is 9.86. The minimum Gasteiger partial charge on any atom is -0.361 e. The van der Waals surface area contributed by atoms with Crippen LogP contribution in [0, 0.1) is 5.92 Å². The topological polar surface area (TPSA) is 36.1 Å². The third kappa shape index (κ3) is 4.79. The molecule has 1 amide bonds. The van der Waals surface area contributed by atoms with E-state index in [0.29, 0.717) is 12.3 Å². The van der Waals surface area contributed by atoms with Crippen molar-refractivity contribution >= 4 is 16.8 Å². The summed E-state index contributed by atoms with van der Waals surface area (Å²) in [4.78, 5) is 19.1. The van der Waals surface area contributed by atoms with Gasteiger partial charge >= 0.3 is 0 Å². The number of para-hydroxylation sites is 1. The van der Waals surface area contributed by atoms with Crippen molar-refractivity contribution in [3.05, 3.63) is 107 Å². The van der Waals surface area contributed by atoms with E-state index in [2.05, 4.69) is 95.8 Å². The first-order valence-electron chi connectivity index (χ1n) is 12.7. The average Bonchev–Trinajstić information content (AvgIpc) is 3.33. The molecule has 3 aromatic carbocycles. The molecule has 0 aliphatic carbocycles. The van der Waals surface area contributed by atoms with E-state index in [1.165, 1.54) is 33.2 Å². The third-order valence-electron chi connectivity index (χ3n) is 7.51. The summed E-state index contributed by atoms with van der Waals surface area (Å²) in [5, 5.41) is 1.24. The van der Waals surface area contributed by atoms with Crippen LogP contribution < -0.4 is 0 Å². The Morgan fingerprint density at radius 1 is 0.941 bits per heavy atom. The van der Waals surface area contributed by atoms with Crippen LogP contribution in [0.2, 0.25) is 0 Å². The van der Waals surface area contributed by atoms with Crippen molar-refractivity contribution < 1.29 is 4.79 Å². The van der Waals surface area contributed by atoms with Crippen molar-refractivity contribution in [1.29, 1.82) is 0 Å². The Morgan fingerprint density at radius 2 is 1.65 bits per heavy atom. The maximum atomic E-state index is 13.5. The van der Waals surface area contributed by atoms with Crippen molar-refractivity contribution in [1.82, 2.24) is 9.88 Å². The van der Waals surface area contributed by atoms with Gasteiger partial charge in [0.25, 0.3) is 0 Å². The van der Waals surface area contributed by atoms with E-state index in [-0.39, 0.29) is 11.8 Å². The van der Waals surface area contributed by atoms with Crippen molar-refractivity contribution in [2.75, 3.05) is 13.1 Å². The molecular formula is C31H34N2O. The molecule has 0 radical (unpaired) electrons. The highest BCUT2D eigenvalue weighted by molar-refractivity contribution is 5.88. The zero-order valence-electron chi connectivity index (χ0n) is 20.0. The molecule has 4 aromatic rings. The molecule has 1 aromatic heterocycles. The zero-order valence-corrected chi connectivity index (χ0v) is 20.0. The number of hydrogen-bond donors (Lipinski definition) is 1. The fraction of sp³-hybridized carbons (Fsp3) is 0.323. The lowest BCUT2D eigenvalue weighted by Crippen LogP contribution is -2.39. The van der Waals surface area contributed by atoms with Gasteiger partial charge in [0.1, 0.15) is 0 Å². The lowest BCUT2D eigenvalue weighted by Gasteiger charge is -2.33. The Labute approximate surface area is 202 Å². The van der Waals surface area contributed by atoms with E-state index in [4.69, 9.17) is 0 Å². The SMILES string of the molecule is CCc1cccc2c(C(CC(=O)N3CCC(Cc4ccccc4)CC3)c3ccccc3)c[nH]c12. The highest BCUT2D eigenvalue weighted by atomic mass is 16.2. The van der Waals surface area contributed by atoms with Crippen LogP contribution in [0.15, 0.2) is 85.1 Å². The van der Waals surface area contributed by atoms with Crippen LogP contribution in [0.1, 0.15) is 54.4 Å². The van der Waals surface area contributed by atoms with Crippen molar-refractivity contribution in [3.63, 3.8) is 0 Å². The average molecular weight is 451 g/mol. The summed E-state index contributed by atoms with van der Waals surface area (Å²) in [5.74, 6) is 0.988. The monoisotopic (exact) mass is 450 g/mol. The summed E-state index contributed by atoms with van der Waals surface area (Å²) in [6.45, 7) is 3.92. The van der Waals surface area contributed by atoms with Gasteiger partial charge in [-0.1, -0.05) is 85.8 Å². The molecule has 1 unspecified atom stereocenters. The Hall–Kier alpha value is -3.33. The summed E-state index contributed by atoms with van der Waals surface area (Å²) >= 11 is 0. The first kappa shape index (κ1) is 22.5. The van der Waals surface area contributed by atoms with E-state index in [9.17, 15) is 4.79 Å². The summed E-state index contributed by atoms with van der Waals surface area (Å²) in [6, 6.07) is 27.8. The molecule has 3 nitrogen and oxygen atoms in total. The van der Waals surface area contributed by atoms with Gasteiger partial charge in [-0.15, -0.1) is 0 Å². The van der Waals surface area contributed by atoms with Crippen LogP contribution in [0.25, 0.3) is 10.9 Å². The minimum atomic E-state index is 0.0524. The number of carbonyl (C=O) groups is 1. The van der Waals surface area contributed by atoms with Gasteiger partial charge in [0, 0.05) is 42.5 Å². The summed E-state index contributed by atoms with van der Waals surface area (Å²) in [5.41, 5.74) is 6.36. The number of nitrogens with zero attached hydrogens (tertiary/aromatic N) is 1. The van der Waals surface area contributed by atoms with Crippen LogP contribution in [-0.4, -0.2) is 28.9 Å². The van der Waals surface area contributed by atoms with E-state index in [1.54, 1.807) is 0 Å². The largest absolute Gasteiger partial charge is 0.361 e. The Morgan fingerprint density at radius 3 is 2.35 bits per heavy atom. The number of nitrogens with one attached hydrogen (secondary N) is 1. The number of aromatic amines is 1. The predicted octanol–water partition coefficient (Wildman–Crippen LogP) is 6.73. The zero-order chi connectivity index (χ0) is 23.3. The fourth-order valence-electron chi connectivity index (χ4n) is 5.55. The molecule has 1 aliphatic heterocycles. The predicted molar refractivity (Wildman–Crippen MR) is 140 cm³/mol. The highest BCUT2D eigenvalue weighted by Crippen LogP contribution is 2.35. The molecule has 1 N–H and O–H groups in total. The number of benzene rings is 3. The Kier molecular flexibility index (Phi) is 6.80.